The van der Waals surface area contributed by atoms with Gasteiger partial charge in [-0.3, -0.25) is 4.79 Å². The lowest BCUT2D eigenvalue weighted by Crippen LogP contribution is -2.23. The van der Waals surface area contributed by atoms with Gasteiger partial charge in [-0.1, -0.05) is 18.2 Å². The molecule has 0 saturated heterocycles. The van der Waals surface area contributed by atoms with Crippen LogP contribution in [0.5, 0.6) is 5.75 Å². The number of pyridine rings is 1. The molecule has 3 nitrogen and oxygen atoms in total. The first-order valence-electron chi connectivity index (χ1n) is 6.02. The Bertz CT molecular complexity index is 587. The minimum Gasteiger partial charge on any atom is -0.492 e. The van der Waals surface area contributed by atoms with E-state index in [0.29, 0.717) is 13.2 Å². The summed E-state index contributed by atoms with van der Waals surface area (Å²) in [4.78, 5) is 11.8. The number of aryl methyl sites for hydroxylation is 2. The Hall–Kier alpha value is -2.03. The lowest BCUT2D eigenvalue weighted by Gasteiger charge is -2.09. The molecule has 0 saturated carbocycles. The molecule has 0 atom stereocenters. The molecule has 1 aromatic carbocycles. The van der Waals surface area contributed by atoms with Crippen molar-refractivity contribution in [1.29, 1.82) is 0 Å². The predicted octanol–water partition coefficient (Wildman–Crippen LogP) is 2.54. The molecule has 18 heavy (non-hydrogen) atoms. The molecular formula is C15H17NO2. The summed E-state index contributed by atoms with van der Waals surface area (Å²) in [6, 6.07) is 11.6. The summed E-state index contributed by atoms with van der Waals surface area (Å²) in [7, 11) is 0. The number of ether oxygens (including phenoxy) is 1. The van der Waals surface area contributed by atoms with Crippen molar-refractivity contribution >= 4 is 0 Å². The van der Waals surface area contributed by atoms with Crippen LogP contribution in [0.3, 0.4) is 0 Å². The standard InChI is InChI=1S/C15H17NO2/c1-12-5-3-7-14(11-12)18-10-9-16-8-4-6-13(2)15(16)17/h3-8,11H,9-10H2,1-2H3. The average molecular weight is 243 g/mol. The summed E-state index contributed by atoms with van der Waals surface area (Å²) >= 11 is 0. The first-order valence-corrected chi connectivity index (χ1v) is 6.02. The smallest absolute Gasteiger partial charge is 0.253 e. The van der Waals surface area contributed by atoms with Crippen LogP contribution in [0.1, 0.15) is 11.1 Å². The number of hydrogen-bond acceptors (Lipinski definition) is 2. The summed E-state index contributed by atoms with van der Waals surface area (Å²) in [5, 5.41) is 0. The fourth-order valence-corrected chi connectivity index (χ4v) is 1.80. The molecule has 0 aliphatic rings. The molecule has 0 radical (unpaired) electrons. The maximum Gasteiger partial charge on any atom is 0.253 e. The molecule has 0 N–H and O–H groups in total. The van der Waals surface area contributed by atoms with E-state index in [1.807, 2.05) is 50.2 Å². The SMILES string of the molecule is Cc1cccc(OCCn2cccc(C)c2=O)c1. The van der Waals surface area contributed by atoms with E-state index in [-0.39, 0.29) is 5.56 Å². The number of aromatic nitrogens is 1. The maximum absolute atomic E-state index is 11.8. The molecule has 2 aromatic rings. The number of benzene rings is 1. The highest BCUT2D eigenvalue weighted by atomic mass is 16.5. The van der Waals surface area contributed by atoms with Gasteiger partial charge in [-0.15, -0.1) is 0 Å². The fourth-order valence-electron chi connectivity index (χ4n) is 1.80. The van der Waals surface area contributed by atoms with E-state index in [1.165, 1.54) is 5.56 Å². The summed E-state index contributed by atoms with van der Waals surface area (Å²) in [5.74, 6) is 0.843. The predicted molar refractivity (Wildman–Crippen MR) is 72.1 cm³/mol. The normalized spacial score (nSPS) is 10.3. The van der Waals surface area contributed by atoms with Gasteiger partial charge in [-0.05, 0) is 37.6 Å². The van der Waals surface area contributed by atoms with Crippen molar-refractivity contribution in [2.24, 2.45) is 0 Å². The zero-order valence-corrected chi connectivity index (χ0v) is 10.7. The van der Waals surface area contributed by atoms with Gasteiger partial charge in [0.1, 0.15) is 12.4 Å². The van der Waals surface area contributed by atoms with E-state index >= 15 is 0 Å². The van der Waals surface area contributed by atoms with Crippen molar-refractivity contribution in [1.82, 2.24) is 4.57 Å². The molecule has 0 unspecified atom stereocenters. The molecule has 0 spiro atoms. The van der Waals surface area contributed by atoms with Gasteiger partial charge in [0.15, 0.2) is 0 Å². The van der Waals surface area contributed by atoms with Gasteiger partial charge < -0.3 is 9.30 Å². The highest BCUT2D eigenvalue weighted by Gasteiger charge is 1.99. The van der Waals surface area contributed by atoms with Gasteiger partial charge in [0.2, 0.25) is 0 Å². The van der Waals surface area contributed by atoms with Crippen LogP contribution in [0.2, 0.25) is 0 Å². The quantitative estimate of drug-likeness (QED) is 0.826. The van der Waals surface area contributed by atoms with E-state index in [9.17, 15) is 4.79 Å². The zero-order chi connectivity index (χ0) is 13.0. The molecule has 0 bridgehead atoms. The second-order valence-electron chi connectivity index (χ2n) is 4.35. The molecule has 0 amide bonds. The second kappa shape index (κ2) is 5.54. The van der Waals surface area contributed by atoms with Crippen molar-refractivity contribution in [2.45, 2.75) is 20.4 Å². The van der Waals surface area contributed by atoms with Crippen LogP contribution in [-0.2, 0) is 6.54 Å². The molecule has 2 rings (SSSR count). The van der Waals surface area contributed by atoms with Gasteiger partial charge in [-0.2, -0.15) is 0 Å². The van der Waals surface area contributed by atoms with E-state index in [4.69, 9.17) is 4.74 Å². The fraction of sp³-hybridized carbons (Fsp3) is 0.267. The Kier molecular flexibility index (Phi) is 3.82. The second-order valence-corrected chi connectivity index (χ2v) is 4.35. The van der Waals surface area contributed by atoms with E-state index in [1.54, 1.807) is 10.8 Å². The Morgan fingerprint density at radius 3 is 2.78 bits per heavy atom. The largest absolute Gasteiger partial charge is 0.492 e. The van der Waals surface area contributed by atoms with Gasteiger partial charge >= 0.3 is 0 Å². The van der Waals surface area contributed by atoms with E-state index in [2.05, 4.69) is 0 Å². The van der Waals surface area contributed by atoms with Crippen molar-refractivity contribution < 1.29 is 4.74 Å². The van der Waals surface area contributed by atoms with Crippen LogP contribution in [0, 0.1) is 13.8 Å². The maximum atomic E-state index is 11.8. The summed E-state index contributed by atoms with van der Waals surface area (Å²) in [5.41, 5.74) is 1.97. The molecule has 0 aliphatic heterocycles. The van der Waals surface area contributed by atoms with Crippen LogP contribution in [-0.4, -0.2) is 11.2 Å². The minimum atomic E-state index is 0.0466. The molecule has 1 heterocycles. The van der Waals surface area contributed by atoms with Crippen molar-refractivity contribution in [3.63, 3.8) is 0 Å². The van der Waals surface area contributed by atoms with Gasteiger partial charge in [0.25, 0.3) is 5.56 Å². The zero-order valence-electron chi connectivity index (χ0n) is 10.7. The lowest BCUT2D eigenvalue weighted by atomic mass is 10.2. The number of hydrogen-bond donors (Lipinski definition) is 0. The Labute approximate surface area is 107 Å². The Balaban J connectivity index is 1.97. The van der Waals surface area contributed by atoms with Gasteiger partial charge in [0.05, 0.1) is 6.54 Å². The van der Waals surface area contributed by atoms with Gasteiger partial charge in [0, 0.05) is 11.8 Å². The van der Waals surface area contributed by atoms with Crippen molar-refractivity contribution in [3.05, 3.63) is 64.1 Å². The Morgan fingerprint density at radius 1 is 1.17 bits per heavy atom. The third kappa shape index (κ3) is 3.00. The summed E-state index contributed by atoms with van der Waals surface area (Å²) in [6.07, 6.45) is 1.79. The van der Waals surface area contributed by atoms with Crippen LogP contribution < -0.4 is 10.3 Å². The van der Waals surface area contributed by atoms with Crippen LogP contribution in [0.4, 0.5) is 0 Å². The Morgan fingerprint density at radius 2 is 2.00 bits per heavy atom. The molecular weight excluding hydrogens is 226 g/mol. The number of rotatable bonds is 4. The van der Waals surface area contributed by atoms with Crippen LogP contribution in [0.15, 0.2) is 47.4 Å². The minimum absolute atomic E-state index is 0.0466. The summed E-state index contributed by atoms with van der Waals surface area (Å²) in [6.45, 7) is 4.90. The monoisotopic (exact) mass is 243 g/mol. The lowest BCUT2D eigenvalue weighted by molar-refractivity contribution is 0.296. The van der Waals surface area contributed by atoms with Crippen LogP contribution in [0.25, 0.3) is 0 Å². The molecule has 1 aromatic heterocycles. The summed E-state index contributed by atoms with van der Waals surface area (Å²) < 4.78 is 7.30. The number of nitrogens with zero attached hydrogens (tertiary/aromatic N) is 1. The highest BCUT2D eigenvalue weighted by molar-refractivity contribution is 5.27. The molecule has 0 fully saturated rings. The van der Waals surface area contributed by atoms with E-state index < -0.39 is 0 Å². The third-order valence-electron chi connectivity index (χ3n) is 2.80. The highest BCUT2D eigenvalue weighted by Crippen LogP contribution is 2.12. The van der Waals surface area contributed by atoms with Crippen molar-refractivity contribution in [3.8, 4) is 5.75 Å². The topological polar surface area (TPSA) is 31.2 Å². The van der Waals surface area contributed by atoms with Gasteiger partial charge in [-0.25, -0.2) is 0 Å². The third-order valence-corrected chi connectivity index (χ3v) is 2.80. The van der Waals surface area contributed by atoms with E-state index in [0.717, 1.165) is 11.3 Å². The van der Waals surface area contributed by atoms with Crippen molar-refractivity contribution in [2.75, 3.05) is 6.61 Å². The first kappa shape index (κ1) is 12.4. The molecule has 3 heteroatoms. The van der Waals surface area contributed by atoms with Crippen LogP contribution >= 0.6 is 0 Å². The molecule has 0 aliphatic carbocycles. The molecule has 94 valence electrons. The first-order chi connectivity index (χ1) is 8.66. The average Bonchev–Trinajstić information content (AvgIpc) is 2.35.